The SMILES string of the molecule is COc1ccc2[nH]c3c(c2c1)CCNC31CCN(CC(O)COc2ccccc2)C1. The molecule has 3 aromatic rings. The number of para-hydroxylation sites is 1. The zero-order chi connectivity index (χ0) is 20.6. The smallest absolute Gasteiger partial charge is 0.119 e. The number of β-amino-alcohol motifs (C(OH)–C–C–N with tert-alkyl or cyclic N) is 1. The standard InChI is InChI=1S/C24H29N3O3/c1-29-19-7-8-22-21(13-19)20-9-11-25-24(23(20)26-22)10-12-27(16-24)14-17(28)15-30-18-5-3-2-4-6-18/h2-8,13,17,25-26,28H,9-12,14-16H2,1H3. The van der Waals surface area contributed by atoms with E-state index in [4.69, 9.17) is 9.47 Å². The quantitative estimate of drug-likeness (QED) is 0.586. The number of ether oxygens (including phenoxy) is 2. The molecule has 1 aromatic heterocycles. The number of nitrogens with one attached hydrogen (secondary N) is 2. The Balaban J connectivity index is 1.29. The molecular formula is C24H29N3O3. The van der Waals surface area contributed by atoms with Crippen LogP contribution in [0, 0.1) is 0 Å². The first-order valence-corrected chi connectivity index (χ1v) is 10.7. The minimum absolute atomic E-state index is 0.0835. The van der Waals surface area contributed by atoms with E-state index in [1.807, 2.05) is 36.4 Å². The van der Waals surface area contributed by atoms with E-state index in [-0.39, 0.29) is 5.54 Å². The lowest BCUT2D eigenvalue weighted by molar-refractivity contribution is 0.0729. The summed E-state index contributed by atoms with van der Waals surface area (Å²) in [4.78, 5) is 6.03. The van der Waals surface area contributed by atoms with Crippen molar-refractivity contribution in [1.29, 1.82) is 0 Å². The summed E-state index contributed by atoms with van der Waals surface area (Å²) in [5, 5.41) is 15.6. The number of aromatic amines is 1. The van der Waals surface area contributed by atoms with Crippen molar-refractivity contribution in [3.63, 3.8) is 0 Å². The van der Waals surface area contributed by atoms with Gasteiger partial charge in [0.1, 0.15) is 24.2 Å². The predicted molar refractivity (Wildman–Crippen MR) is 117 cm³/mol. The van der Waals surface area contributed by atoms with Gasteiger partial charge < -0.3 is 24.9 Å². The first kappa shape index (κ1) is 19.4. The summed E-state index contributed by atoms with van der Waals surface area (Å²) in [7, 11) is 1.71. The normalized spacial score (nSPS) is 22.3. The number of aliphatic hydroxyl groups excluding tert-OH is 1. The Hall–Kier alpha value is -2.54. The van der Waals surface area contributed by atoms with E-state index in [9.17, 15) is 5.11 Å². The highest BCUT2D eigenvalue weighted by Gasteiger charge is 2.44. The van der Waals surface area contributed by atoms with Crippen LogP contribution in [0.2, 0.25) is 0 Å². The van der Waals surface area contributed by atoms with Crippen LogP contribution < -0.4 is 14.8 Å². The van der Waals surface area contributed by atoms with Crippen LogP contribution in [0.4, 0.5) is 0 Å². The molecule has 2 unspecified atom stereocenters. The lowest BCUT2D eigenvalue weighted by Crippen LogP contribution is -2.50. The molecule has 2 aliphatic rings. The van der Waals surface area contributed by atoms with Gasteiger partial charge in [0.2, 0.25) is 0 Å². The average molecular weight is 408 g/mol. The Morgan fingerprint density at radius 1 is 1.17 bits per heavy atom. The van der Waals surface area contributed by atoms with Gasteiger partial charge in [-0.1, -0.05) is 18.2 Å². The van der Waals surface area contributed by atoms with Crippen molar-refractivity contribution < 1.29 is 14.6 Å². The van der Waals surface area contributed by atoms with E-state index in [1.165, 1.54) is 22.2 Å². The Labute approximate surface area is 176 Å². The molecule has 0 bridgehead atoms. The van der Waals surface area contributed by atoms with Crippen molar-refractivity contribution in [1.82, 2.24) is 15.2 Å². The number of H-pyrrole nitrogens is 1. The van der Waals surface area contributed by atoms with Crippen LogP contribution in [0.5, 0.6) is 11.5 Å². The predicted octanol–water partition coefficient (Wildman–Crippen LogP) is 2.66. The number of aromatic nitrogens is 1. The molecule has 0 saturated carbocycles. The van der Waals surface area contributed by atoms with Crippen LogP contribution in [0.1, 0.15) is 17.7 Å². The maximum absolute atomic E-state index is 10.5. The minimum atomic E-state index is -0.518. The number of benzene rings is 2. The first-order valence-electron chi connectivity index (χ1n) is 10.7. The van der Waals surface area contributed by atoms with E-state index in [0.29, 0.717) is 13.2 Å². The molecule has 30 heavy (non-hydrogen) atoms. The lowest BCUT2D eigenvalue weighted by atomic mass is 9.86. The first-order chi connectivity index (χ1) is 14.7. The highest BCUT2D eigenvalue weighted by atomic mass is 16.5. The zero-order valence-electron chi connectivity index (χ0n) is 17.4. The van der Waals surface area contributed by atoms with Crippen molar-refractivity contribution in [2.45, 2.75) is 24.5 Å². The van der Waals surface area contributed by atoms with Crippen molar-refractivity contribution in [2.75, 3.05) is 39.9 Å². The lowest BCUT2D eigenvalue weighted by Gasteiger charge is -2.35. The van der Waals surface area contributed by atoms with Gasteiger partial charge in [-0.3, -0.25) is 4.90 Å². The van der Waals surface area contributed by atoms with E-state index in [1.54, 1.807) is 7.11 Å². The molecule has 3 N–H and O–H groups in total. The fourth-order valence-electron chi connectivity index (χ4n) is 4.99. The number of nitrogens with zero attached hydrogens (tertiary/aromatic N) is 1. The van der Waals surface area contributed by atoms with Gasteiger partial charge in [-0.05, 0) is 48.7 Å². The molecule has 2 aromatic carbocycles. The van der Waals surface area contributed by atoms with Crippen LogP contribution in [0.25, 0.3) is 10.9 Å². The summed E-state index contributed by atoms with van der Waals surface area (Å²) in [5.41, 5.74) is 3.78. The summed E-state index contributed by atoms with van der Waals surface area (Å²) in [6.07, 6.45) is 1.52. The number of methoxy groups -OCH3 is 1. The molecule has 2 atom stereocenters. The van der Waals surface area contributed by atoms with Gasteiger partial charge in [0, 0.05) is 42.8 Å². The molecule has 1 spiro atoms. The van der Waals surface area contributed by atoms with Crippen molar-refractivity contribution >= 4 is 10.9 Å². The third kappa shape index (κ3) is 3.55. The number of aliphatic hydroxyl groups is 1. The summed E-state index contributed by atoms with van der Waals surface area (Å²) in [5.74, 6) is 1.69. The molecule has 3 heterocycles. The molecule has 1 saturated heterocycles. The second kappa shape index (κ2) is 7.95. The summed E-state index contributed by atoms with van der Waals surface area (Å²) in [6.45, 7) is 3.71. The Bertz CT molecular complexity index is 1020. The third-order valence-corrected chi connectivity index (χ3v) is 6.43. The fraction of sp³-hybridized carbons (Fsp3) is 0.417. The highest BCUT2D eigenvalue weighted by Crippen LogP contribution is 2.40. The Morgan fingerprint density at radius 2 is 2.03 bits per heavy atom. The number of likely N-dealkylation sites (tertiary alicyclic amines) is 1. The minimum Gasteiger partial charge on any atom is -0.497 e. The molecule has 5 rings (SSSR count). The highest BCUT2D eigenvalue weighted by molar-refractivity contribution is 5.86. The van der Waals surface area contributed by atoms with Gasteiger partial charge in [-0.2, -0.15) is 0 Å². The van der Waals surface area contributed by atoms with E-state index in [0.717, 1.165) is 44.0 Å². The zero-order valence-corrected chi connectivity index (χ0v) is 17.4. The van der Waals surface area contributed by atoms with Crippen molar-refractivity contribution in [2.24, 2.45) is 0 Å². The van der Waals surface area contributed by atoms with Gasteiger partial charge in [0.25, 0.3) is 0 Å². The van der Waals surface area contributed by atoms with E-state index in [2.05, 4.69) is 27.3 Å². The van der Waals surface area contributed by atoms with Gasteiger partial charge >= 0.3 is 0 Å². The second-order valence-electron chi connectivity index (χ2n) is 8.41. The van der Waals surface area contributed by atoms with Gasteiger partial charge in [0.15, 0.2) is 0 Å². The monoisotopic (exact) mass is 407 g/mol. The van der Waals surface area contributed by atoms with E-state index < -0.39 is 6.10 Å². The van der Waals surface area contributed by atoms with E-state index >= 15 is 0 Å². The number of hydrogen-bond donors (Lipinski definition) is 3. The third-order valence-electron chi connectivity index (χ3n) is 6.43. The Kier molecular flexibility index (Phi) is 5.15. The number of rotatable bonds is 6. The van der Waals surface area contributed by atoms with Gasteiger partial charge in [-0.15, -0.1) is 0 Å². The summed E-state index contributed by atoms with van der Waals surface area (Å²) >= 11 is 0. The molecule has 158 valence electrons. The topological polar surface area (TPSA) is 69.8 Å². The van der Waals surface area contributed by atoms with Gasteiger partial charge in [0.05, 0.1) is 12.6 Å². The summed E-state index contributed by atoms with van der Waals surface area (Å²) < 4.78 is 11.2. The van der Waals surface area contributed by atoms with Crippen LogP contribution in [-0.4, -0.2) is 61.0 Å². The molecule has 0 radical (unpaired) electrons. The van der Waals surface area contributed by atoms with Crippen LogP contribution >= 0.6 is 0 Å². The van der Waals surface area contributed by atoms with Crippen LogP contribution in [-0.2, 0) is 12.0 Å². The van der Waals surface area contributed by atoms with Crippen LogP contribution in [0.15, 0.2) is 48.5 Å². The maximum Gasteiger partial charge on any atom is 0.119 e. The fourth-order valence-corrected chi connectivity index (χ4v) is 4.99. The van der Waals surface area contributed by atoms with Crippen molar-refractivity contribution in [3.8, 4) is 11.5 Å². The number of fused-ring (bicyclic) bond motifs is 4. The number of hydrogen-bond acceptors (Lipinski definition) is 5. The molecular weight excluding hydrogens is 378 g/mol. The molecule has 6 heteroatoms. The molecule has 0 aliphatic carbocycles. The molecule has 0 amide bonds. The maximum atomic E-state index is 10.5. The molecule has 2 aliphatic heterocycles. The summed E-state index contributed by atoms with van der Waals surface area (Å²) in [6, 6.07) is 15.9. The molecule has 6 nitrogen and oxygen atoms in total. The largest absolute Gasteiger partial charge is 0.497 e. The van der Waals surface area contributed by atoms with Crippen LogP contribution in [0.3, 0.4) is 0 Å². The van der Waals surface area contributed by atoms with Crippen molar-refractivity contribution in [3.05, 3.63) is 59.8 Å². The van der Waals surface area contributed by atoms with Gasteiger partial charge in [-0.25, -0.2) is 0 Å². The second-order valence-corrected chi connectivity index (χ2v) is 8.41. The molecule has 1 fully saturated rings. The average Bonchev–Trinajstić information content (AvgIpc) is 3.35. The Morgan fingerprint density at radius 3 is 2.87 bits per heavy atom.